The number of rotatable bonds is 10. The van der Waals surface area contributed by atoms with E-state index in [2.05, 4.69) is 42.6 Å². The molecule has 0 aliphatic heterocycles. The highest BCUT2D eigenvalue weighted by atomic mass is 16.3. The Labute approximate surface area is 111 Å². The minimum atomic E-state index is 0.314. The van der Waals surface area contributed by atoms with Crippen LogP contribution in [0.2, 0.25) is 0 Å². The van der Waals surface area contributed by atoms with Crippen LogP contribution in [-0.2, 0) is 6.42 Å². The van der Waals surface area contributed by atoms with Crippen LogP contribution in [0.3, 0.4) is 0 Å². The van der Waals surface area contributed by atoms with E-state index in [4.69, 9.17) is 5.11 Å². The number of aliphatic hydroxyl groups is 1. The molecule has 1 aromatic rings. The van der Waals surface area contributed by atoms with Gasteiger partial charge in [0.05, 0.1) is 0 Å². The molecule has 2 nitrogen and oxygen atoms in total. The van der Waals surface area contributed by atoms with Gasteiger partial charge < -0.3 is 10.4 Å². The highest BCUT2D eigenvalue weighted by Gasteiger charge is 2.03. The molecule has 18 heavy (non-hydrogen) atoms. The Hall–Kier alpha value is -0.860. The van der Waals surface area contributed by atoms with Crippen molar-refractivity contribution in [2.24, 2.45) is 5.92 Å². The number of unbranched alkanes of at least 4 members (excludes halogenated alkanes) is 1. The summed E-state index contributed by atoms with van der Waals surface area (Å²) < 4.78 is 0. The zero-order chi connectivity index (χ0) is 13.1. The molecule has 2 heteroatoms. The summed E-state index contributed by atoms with van der Waals surface area (Å²) in [6, 6.07) is 10.7. The molecule has 0 heterocycles. The predicted molar refractivity (Wildman–Crippen MR) is 77.7 cm³/mol. The summed E-state index contributed by atoms with van der Waals surface area (Å²) in [4.78, 5) is 0. The van der Waals surface area contributed by atoms with Gasteiger partial charge in [-0.1, -0.05) is 43.7 Å². The normalized spacial score (nSPS) is 12.6. The number of nitrogens with one attached hydrogen (secondary N) is 1. The molecule has 0 amide bonds. The third kappa shape index (κ3) is 6.77. The minimum Gasteiger partial charge on any atom is -0.396 e. The average Bonchev–Trinajstić information content (AvgIpc) is 2.42. The Morgan fingerprint density at radius 3 is 2.61 bits per heavy atom. The fraction of sp³-hybridized carbons (Fsp3) is 0.625. The average molecular weight is 249 g/mol. The molecule has 0 aliphatic carbocycles. The van der Waals surface area contributed by atoms with E-state index >= 15 is 0 Å². The summed E-state index contributed by atoms with van der Waals surface area (Å²) in [7, 11) is 0. The summed E-state index contributed by atoms with van der Waals surface area (Å²) in [5, 5.41) is 12.4. The predicted octanol–water partition coefficient (Wildman–Crippen LogP) is 3.01. The molecular weight excluding hydrogens is 222 g/mol. The number of aryl methyl sites for hydroxylation is 1. The molecule has 1 aromatic carbocycles. The molecule has 1 atom stereocenters. The van der Waals surface area contributed by atoms with Gasteiger partial charge in [0.25, 0.3) is 0 Å². The van der Waals surface area contributed by atoms with Crippen LogP contribution in [0.5, 0.6) is 0 Å². The van der Waals surface area contributed by atoms with Crippen molar-refractivity contribution in [3.63, 3.8) is 0 Å². The SMILES string of the molecule is CCC(CCO)CNCCCCc1ccccc1. The van der Waals surface area contributed by atoms with Crippen LogP contribution >= 0.6 is 0 Å². The van der Waals surface area contributed by atoms with E-state index in [1.165, 1.54) is 24.8 Å². The van der Waals surface area contributed by atoms with Gasteiger partial charge in [-0.15, -0.1) is 0 Å². The molecule has 0 fully saturated rings. The van der Waals surface area contributed by atoms with Crippen molar-refractivity contribution in [2.45, 2.75) is 39.0 Å². The van der Waals surface area contributed by atoms with Gasteiger partial charge in [-0.3, -0.25) is 0 Å². The van der Waals surface area contributed by atoms with Crippen molar-refractivity contribution in [2.75, 3.05) is 19.7 Å². The van der Waals surface area contributed by atoms with Crippen molar-refractivity contribution in [1.29, 1.82) is 0 Å². The lowest BCUT2D eigenvalue weighted by molar-refractivity contribution is 0.251. The Bertz CT molecular complexity index is 286. The first-order valence-corrected chi connectivity index (χ1v) is 7.22. The fourth-order valence-corrected chi connectivity index (χ4v) is 2.16. The van der Waals surface area contributed by atoms with E-state index in [1.807, 2.05) is 0 Å². The molecule has 102 valence electrons. The first kappa shape index (κ1) is 15.2. The van der Waals surface area contributed by atoms with E-state index in [0.29, 0.717) is 12.5 Å². The lowest BCUT2D eigenvalue weighted by Crippen LogP contribution is -2.24. The third-order valence-electron chi connectivity index (χ3n) is 3.46. The molecule has 0 aliphatic rings. The Balaban J connectivity index is 1.98. The summed E-state index contributed by atoms with van der Waals surface area (Å²) in [5.41, 5.74) is 1.43. The maximum absolute atomic E-state index is 8.91. The van der Waals surface area contributed by atoms with Crippen molar-refractivity contribution in [3.8, 4) is 0 Å². The van der Waals surface area contributed by atoms with Crippen LogP contribution in [-0.4, -0.2) is 24.8 Å². The zero-order valence-electron chi connectivity index (χ0n) is 11.6. The first-order chi connectivity index (χ1) is 8.86. The summed E-state index contributed by atoms with van der Waals surface area (Å²) in [5.74, 6) is 0.629. The molecule has 1 unspecified atom stereocenters. The molecule has 1 rings (SSSR count). The number of aliphatic hydroxyl groups excluding tert-OH is 1. The third-order valence-corrected chi connectivity index (χ3v) is 3.46. The van der Waals surface area contributed by atoms with Gasteiger partial charge in [0.1, 0.15) is 0 Å². The van der Waals surface area contributed by atoms with E-state index in [9.17, 15) is 0 Å². The van der Waals surface area contributed by atoms with Crippen LogP contribution < -0.4 is 5.32 Å². The molecule has 0 saturated heterocycles. The Kier molecular flexibility index (Phi) is 8.53. The largest absolute Gasteiger partial charge is 0.396 e. The maximum atomic E-state index is 8.91. The second-order valence-electron chi connectivity index (χ2n) is 4.93. The van der Waals surface area contributed by atoms with Gasteiger partial charge in [-0.2, -0.15) is 0 Å². The lowest BCUT2D eigenvalue weighted by Gasteiger charge is -2.14. The summed E-state index contributed by atoms with van der Waals surface area (Å²) in [6.45, 7) is 4.64. The van der Waals surface area contributed by atoms with Gasteiger partial charge in [0, 0.05) is 6.61 Å². The Morgan fingerprint density at radius 1 is 1.17 bits per heavy atom. The van der Waals surface area contributed by atoms with Crippen molar-refractivity contribution in [1.82, 2.24) is 5.32 Å². The van der Waals surface area contributed by atoms with Crippen LogP contribution in [0.1, 0.15) is 38.2 Å². The lowest BCUT2D eigenvalue weighted by atomic mass is 10.0. The van der Waals surface area contributed by atoms with Crippen LogP contribution in [0.4, 0.5) is 0 Å². The maximum Gasteiger partial charge on any atom is 0.0434 e. The molecular formula is C16H27NO. The fourth-order valence-electron chi connectivity index (χ4n) is 2.16. The molecule has 0 aromatic heterocycles. The first-order valence-electron chi connectivity index (χ1n) is 7.22. The van der Waals surface area contributed by atoms with Crippen LogP contribution in [0.15, 0.2) is 30.3 Å². The topological polar surface area (TPSA) is 32.3 Å². The molecule has 0 bridgehead atoms. The van der Waals surface area contributed by atoms with Crippen LogP contribution in [0, 0.1) is 5.92 Å². The Morgan fingerprint density at radius 2 is 1.94 bits per heavy atom. The quantitative estimate of drug-likeness (QED) is 0.625. The van der Waals surface area contributed by atoms with Gasteiger partial charge in [-0.25, -0.2) is 0 Å². The molecule has 2 N–H and O–H groups in total. The number of hydrogen-bond acceptors (Lipinski definition) is 2. The van der Waals surface area contributed by atoms with Crippen molar-refractivity contribution >= 4 is 0 Å². The summed E-state index contributed by atoms with van der Waals surface area (Å²) >= 11 is 0. The smallest absolute Gasteiger partial charge is 0.0434 e. The second-order valence-corrected chi connectivity index (χ2v) is 4.93. The van der Waals surface area contributed by atoms with Gasteiger partial charge in [0.2, 0.25) is 0 Å². The molecule has 0 saturated carbocycles. The van der Waals surface area contributed by atoms with Gasteiger partial charge >= 0.3 is 0 Å². The van der Waals surface area contributed by atoms with Crippen molar-refractivity contribution in [3.05, 3.63) is 35.9 Å². The second kappa shape index (κ2) is 10.1. The highest BCUT2D eigenvalue weighted by Crippen LogP contribution is 2.06. The van der Waals surface area contributed by atoms with Gasteiger partial charge in [-0.05, 0) is 50.3 Å². The van der Waals surface area contributed by atoms with E-state index in [-0.39, 0.29) is 0 Å². The minimum absolute atomic E-state index is 0.314. The highest BCUT2D eigenvalue weighted by molar-refractivity contribution is 5.14. The van der Waals surface area contributed by atoms with Gasteiger partial charge in [0.15, 0.2) is 0 Å². The zero-order valence-corrected chi connectivity index (χ0v) is 11.6. The summed E-state index contributed by atoms with van der Waals surface area (Å²) in [6.07, 6.45) is 5.72. The van der Waals surface area contributed by atoms with Crippen LogP contribution in [0.25, 0.3) is 0 Å². The van der Waals surface area contributed by atoms with Crippen molar-refractivity contribution < 1.29 is 5.11 Å². The molecule has 0 radical (unpaired) electrons. The van der Waals surface area contributed by atoms with E-state index < -0.39 is 0 Å². The van der Waals surface area contributed by atoms with E-state index in [0.717, 1.165) is 25.9 Å². The number of hydrogen-bond donors (Lipinski definition) is 2. The molecule has 0 spiro atoms. The van der Waals surface area contributed by atoms with E-state index in [1.54, 1.807) is 0 Å². The number of benzene rings is 1. The standard InChI is InChI=1S/C16H27NO/c1-2-15(11-13-18)14-17-12-7-6-10-16-8-4-3-5-9-16/h3-5,8-9,15,17-18H,2,6-7,10-14H2,1H3. The monoisotopic (exact) mass is 249 g/mol.